The average molecular weight is 334 g/mol. The van der Waals surface area contributed by atoms with Gasteiger partial charge in [-0.25, -0.2) is 8.78 Å². The molecule has 0 fully saturated rings. The van der Waals surface area contributed by atoms with Gasteiger partial charge in [0.15, 0.2) is 23.1 Å². The van der Waals surface area contributed by atoms with Gasteiger partial charge in [-0.1, -0.05) is 0 Å². The van der Waals surface area contributed by atoms with Crippen LogP contribution in [0.15, 0.2) is 36.4 Å². The fourth-order valence-corrected chi connectivity index (χ4v) is 2.08. The molecule has 0 aromatic heterocycles. The fraction of sp³-hybridized carbons (Fsp3) is 0.125. The lowest BCUT2D eigenvalue weighted by atomic mass is 10.2. The third kappa shape index (κ3) is 3.43. The van der Waals surface area contributed by atoms with E-state index in [1.54, 1.807) is 6.07 Å². The summed E-state index contributed by atoms with van der Waals surface area (Å²) in [6.45, 7) is -0.233. The Morgan fingerprint density at radius 2 is 1.79 bits per heavy atom. The maximum atomic E-state index is 13.1. The predicted molar refractivity (Wildman–Crippen MR) is 79.9 cm³/mol. The Labute approximate surface area is 135 Å². The number of halogens is 2. The molecule has 0 spiro atoms. The number of carbonyl (C=O) groups excluding carboxylic acids is 2. The molecule has 6 nitrogen and oxygen atoms in total. The summed E-state index contributed by atoms with van der Waals surface area (Å²) in [6, 6.07) is 7.61. The molecule has 0 bridgehead atoms. The molecule has 3 rings (SSSR count). The van der Waals surface area contributed by atoms with Crippen molar-refractivity contribution in [3.63, 3.8) is 0 Å². The van der Waals surface area contributed by atoms with E-state index in [1.165, 1.54) is 18.2 Å². The summed E-state index contributed by atoms with van der Waals surface area (Å²) in [4.78, 5) is 23.7. The van der Waals surface area contributed by atoms with E-state index in [-0.39, 0.29) is 19.0 Å². The number of nitrogens with one attached hydrogen (secondary N) is 2. The zero-order chi connectivity index (χ0) is 17.1. The summed E-state index contributed by atoms with van der Waals surface area (Å²) < 4.78 is 36.2. The standard InChI is InChI=1S/C16H12F2N2O4/c17-11-3-2-10(6-12(11)18)20-15(21)7-19-16(22)9-1-4-13-14(5-9)24-8-23-13/h1-6H,7-8H2,(H,19,22)(H,20,21). The molecule has 1 aliphatic heterocycles. The van der Waals surface area contributed by atoms with Gasteiger partial charge in [-0.2, -0.15) is 0 Å². The SMILES string of the molecule is O=C(CNC(=O)c1ccc2c(c1)OCO2)Nc1ccc(F)c(F)c1. The van der Waals surface area contributed by atoms with Gasteiger partial charge in [-0.05, 0) is 30.3 Å². The van der Waals surface area contributed by atoms with Crippen LogP contribution in [0.1, 0.15) is 10.4 Å². The van der Waals surface area contributed by atoms with Crippen molar-refractivity contribution in [1.82, 2.24) is 5.32 Å². The molecule has 2 amide bonds. The molecule has 0 aliphatic carbocycles. The minimum Gasteiger partial charge on any atom is -0.454 e. The van der Waals surface area contributed by atoms with E-state index >= 15 is 0 Å². The highest BCUT2D eigenvalue weighted by Crippen LogP contribution is 2.32. The van der Waals surface area contributed by atoms with Gasteiger partial charge in [0.1, 0.15) is 0 Å². The van der Waals surface area contributed by atoms with Gasteiger partial charge in [-0.15, -0.1) is 0 Å². The molecular formula is C16H12F2N2O4. The van der Waals surface area contributed by atoms with Crippen LogP contribution in [0.25, 0.3) is 0 Å². The van der Waals surface area contributed by atoms with Crippen molar-refractivity contribution in [1.29, 1.82) is 0 Å². The van der Waals surface area contributed by atoms with E-state index < -0.39 is 23.4 Å². The summed E-state index contributed by atoms with van der Waals surface area (Å²) in [5.74, 6) is -2.14. The number of rotatable bonds is 4. The Hall–Kier alpha value is -3.16. The van der Waals surface area contributed by atoms with Crippen LogP contribution in [0.4, 0.5) is 14.5 Å². The van der Waals surface area contributed by atoms with Gasteiger partial charge < -0.3 is 20.1 Å². The van der Waals surface area contributed by atoms with Crippen molar-refractivity contribution < 1.29 is 27.8 Å². The summed E-state index contributed by atoms with van der Waals surface area (Å²) >= 11 is 0. The second-order valence-electron chi connectivity index (χ2n) is 4.93. The monoisotopic (exact) mass is 334 g/mol. The third-order valence-corrected chi connectivity index (χ3v) is 3.25. The molecule has 0 unspecified atom stereocenters. The predicted octanol–water partition coefficient (Wildman–Crippen LogP) is 2.06. The first-order valence-corrected chi connectivity index (χ1v) is 6.95. The first-order chi connectivity index (χ1) is 11.5. The van der Waals surface area contributed by atoms with Gasteiger partial charge in [0.25, 0.3) is 5.91 Å². The van der Waals surface area contributed by atoms with Crippen molar-refractivity contribution in [2.75, 3.05) is 18.7 Å². The van der Waals surface area contributed by atoms with Crippen LogP contribution in [0, 0.1) is 11.6 Å². The number of fused-ring (bicyclic) bond motifs is 1. The van der Waals surface area contributed by atoms with Gasteiger partial charge in [0.2, 0.25) is 12.7 Å². The van der Waals surface area contributed by atoms with Crippen LogP contribution >= 0.6 is 0 Å². The van der Waals surface area contributed by atoms with Crippen molar-refractivity contribution in [2.24, 2.45) is 0 Å². The van der Waals surface area contributed by atoms with E-state index in [1.807, 2.05) is 0 Å². The lowest BCUT2D eigenvalue weighted by molar-refractivity contribution is -0.115. The molecule has 24 heavy (non-hydrogen) atoms. The van der Waals surface area contributed by atoms with Gasteiger partial charge in [0, 0.05) is 17.3 Å². The van der Waals surface area contributed by atoms with Gasteiger partial charge in [-0.3, -0.25) is 9.59 Å². The van der Waals surface area contributed by atoms with E-state index in [0.717, 1.165) is 12.1 Å². The Bertz CT molecular complexity index is 811. The minimum absolute atomic E-state index is 0.0937. The van der Waals surface area contributed by atoms with Crippen LogP contribution in [0.2, 0.25) is 0 Å². The van der Waals surface area contributed by atoms with Crippen LogP contribution in [-0.4, -0.2) is 25.2 Å². The second-order valence-corrected chi connectivity index (χ2v) is 4.93. The number of anilines is 1. The van der Waals surface area contributed by atoms with E-state index in [0.29, 0.717) is 17.1 Å². The van der Waals surface area contributed by atoms with Crippen LogP contribution in [-0.2, 0) is 4.79 Å². The molecule has 124 valence electrons. The number of amides is 2. The summed E-state index contributed by atoms with van der Waals surface area (Å²) in [5, 5.41) is 4.77. The molecule has 0 saturated carbocycles. The Morgan fingerprint density at radius 3 is 2.58 bits per heavy atom. The number of hydrogen-bond acceptors (Lipinski definition) is 4. The molecule has 0 atom stereocenters. The molecule has 1 aliphatic rings. The number of ether oxygens (including phenoxy) is 2. The van der Waals surface area contributed by atoms with Crippen LogP contribution < -0.4 is 20.1 Å². The highest BCUT2D eigenvalue weighted by molar-refractivity contribution is 5.99. The average Bonchev–Trinajstić information content (AvgIpc) is 3.03. The smallest absolute Gasteiger partial charge is 0.251 e. The summed E-state index contributed by atoms with van der Waals surface area (Å²) in [7, 11) is 0. The molecular weight excluding hydrogens is 322 g/mol. The number of benzene rings is 2. The number of hydrogen-bond donors (Lipinski definition) is 2. The van der Waals surface area contributed by atoms with Crippen molar-refractivity contribution in [2.45, 2.75) is 0 Å². The molecule has 0 saturated heterocycles. The highest BCUT2D eigenvalue weighted by atomic mass is 19.2. The van der Waals surface area contributed by atoms with Crippen LogP contribution in [0.3, 0.4) is 0 Å². The Balaban J connectivity index is 1.55. The van der Waals surface area contributed by atoms with E-state index in [9.17, 15) is 18.4 Å². The second kappa shape index (κ2) is 6.53. The maximum absolute atomic E-state index is 13.1. The molecule has 0 radical (unpaired) electrons. The van der Waals surface area contributed by atoms with Gasteiger partial charge >= 0.3 is 0 Å². The zero-order valence-corrected chi connectivity index (χ0v) is 12.3. The number of carbonyl (C=O) groups is 2. The molecule has 8 heteroatoms. The van der Waals surface area contributed by atoms with Crippen molar-refractivity contribution in [3.05, 3.63) is 53.6 Å². The highest BCUT2D eigenvalue weighted by Gasteiger charge is 2.16. The molecule has 1 heterocycles. The van der Waals surface area contributed by atoms with E-state index in [2.05, 4.69) is 10.6 Å². The Kier molecular flexibility index (Phi) is 4.28. The first-order valence-electron chi connectivity index (χ1n) is 6.95. The van der Waals surface area contributed by atoms with Crippen molar-refractivity contribution >= 4 is 17.5 Å². The molecule has 2 aromatic rings. The third-order valence-electron chi connectivity index (χ3n) is 3.25. The minimum atomic E-state index is -1.07. The molecule has 2 N–H and O–H groups in total. The fourth-order valence-electron chi connectivity index (χ4n) is 2.08. The maximum Gasteiger partial charge on any atom is 0.251 e. The lowest BCUT2D eigenvalue weighted by Crippen LogP contribution is -2.32. The van der Waals surface area contributed by atoms with Gasteiger partial charge in [0.05, 0.1) is 6.54 Å². The quantitative estimate of drug-likeness (QED) is 0.897. The summed E-state index contributed by atoms with van der Waals surface area (Å²) in [5.41, 5.74) is 0.399. The zero-order valence-electron chi connectivity index (χ0n) is 12.3. The summed E-state index contributed by atoms with van der Waals surface area (Å²) in [6.07, 6.45) is 0. The lowest BCUT2D eigenvalue weighted by Gasteiger charge is -2.08. The molecule has 2 aromatic carbocycles. The Morgan fingerprint density at radius 1 is 1.00 bits per heavy atom. The first kappa shape index (κ1) is 15.7. The van der Waals surface area contributed by atoms with Crippen molar-refractivity contribution in [3.8, 4) is 11.5 Å². The topological polar surface area (TPSA) is 76.7 Å². The van der Waals surface area contributed by atoms with E-state index in [4.69, 9.17) is 9.47 Å². The van der Waals surface area contributed by atoms with Crippen LogP contribution in [0.5, 0.6) is 11.5 Å². The largest absolute Gasteiger partial charge is 0.454 e. The normalized spacial score (nSPS) is 11.9.